The molecule has 0 saturated carbocycles. The predicted molar refractivity (Wildman–Crippen MR) is 108 cm³/mol. The average Bonchev–Trinajstić information content (AvgIpc) is 2.69. The number of piperazine rings is 1. The van der Waals surface area contributed by atoms with E-state index >= 15 is 0 Å². The lowest BCUT2D eigenvalue weighted by Gasteiger charge is -2.37. The first-order valence-corrected chi connectivity index (χ1v) is 9.76. The van der Waals surface area contributed by atoms with Gasteiger partial charge in [0.15, 0.2) is 0 Å². The van der Waals surface area contributed by atoms with E-state index in [0.29, 0.717) is 6.42 Å². The van der Waals surface area contributed by atoms with Crippen molar-refractivity contribution < 1.29 is 13.2 Å². The minimum atomic E-state index is -4.28. The van der Waals surface area contributed by atoms with E-state index < -0.39 is 11.7 Å². The molecule has 0 radical (unpaired) electrons. The molecule has 1 atom stereocenters. The topological polar surface area (TPSA) is 6.48 Å². The molecule has 1 heterocycles. The zero-order valence-electron chi connectivity index (χ0n) is 16.2. The number of nitrogens with zero attached hydrogens (tertiary/aromatic N) is 2. The average molecular weight is 388 g/mol. The highest BCUT2D eigenvalue weighted by Gasteiger charge is 2.30. The molecule has 2 nitrogen and oxygen atoms in total. The van der Waals surface area contributed by atoms with Crippen molar-refractivity contribution in [1.29, 1.82) is 0 Å². The quantitative estimate of drug-likeness (QED) is 0.690. The summed E-state index contributed by atoms with van der Waals surface area (Å²) in [5.74, 6) is 0. The maximum Gasteiger partial charge on any atom is 0.416 e. The highest BCUT2D eigenvalue weighted by atomic mass is 19.4. The summed E-state index contributed by atoms with van der Waals surface area (Å²) in [6.45, 7) is 6.87. The summed E-state index contributed by atoms with van der Waals surface area (Å²) in [7, 11) is 0. The van der Waals surface area contributed by atoms with Crippen molar-refractivity contribution in [2.24, 2.45) is 0 Å². The van der Waals surface area contributed by atoms with Gasteiger partial charge in [0, 0.05) is 38.8 Å². The summed E-state index contributed by atoms with van der Waals surface area (Å²) < 4.78 is 38.7. The molecule has 1 aliphatic rings. The normalized spacial score (nSPS) is 17.9. The molecule has 1 saturated heterocycles. The summed E-state index contributed by atoms with van der Waals surface area (Å²) in [5, 5.41) is 0. The van der Waals surface area contributed by atoms with E-state index in [1.807, 2.05) is 18.2 Å². The first kappa shape index (κ1) is 20.6. The lowest BCUT2D eigenvalue weighted by atomic mass is 10.0. The van der Waals surface area contributed by atoms with Gasteiger partial charge in [-0.15, -0.1) is 0 Å². The van der Waals surface area contributed by atoms with Crippen LogP contribution in [0, 0.1) is 0 Å². The van der Waals surface area contributed by atoms with Crippen LogP contribution in [0.15, 0.2) is 60.7 Å². The second-order valence-electron chi connectivity index (χ2n) is 7.40. The minimum absolute atomic E-state index is 0.227. The second-order valence-corrected chi connectivity index (χ2v) is 7.40. The molecule has 2 aromatic carbocycles. The van der Waals surface area contributed by atoms with E-state index in [2.05, 4.69) is 41.0 Å². The Kier molecular flexibility index (Phi) is 6.92. The Balaban J connectivity index is 1.46. The summed E-state index contributed by atoms with van der Waals surface area (Å²) in [4.78, 5) is 4.78. The molecule has 0 spiro atoms. The molecule has 0 amide bonds. The fraction of sp³-hybridized carbons (Fsp3) is 0.391. The van der Waals surface area contributed by atoms with Gasteiger partial charge in [0.1, 0.15) is 0 Å². The van der Waals surface area contributed by atoms with Crippen LogP contribution >= 0.6 is 0 Å². The van der Waals surface area contributed by atoms with Crippen LogP contribution in [0.5, 0.6) is 0 Å². The minimum Gasteiger partial charge on any atom is -0.298 e. The summed E-state index contributed by atoms with van der Waals surface area (Å²) in [6, 6.07) is 16.2. The van der Waals surface area contributed by atoms with Gasteiger partial charge < -0.3 is 0 Å². The largest absolute Gasteiger partial charge is 0.416 e. The van der Waals surface area contributed by atoms with E-state index in [1.54, 1.807) is 6.07 Å². The van der Waals surface area contributed by atoms with Crippen LogP contribution < -0.4 is 0 Å². The highest BCUT2D eigenvalue weighted by Crippen LogP contribution is 2.30. The predicted octanol–water partition coefficient (Wildman–Crippen LogP) is 4.97. The first-order valence-electron chi connectivity index (χ1n) is 9.76. The van der Waals surface area contributed by atoms with Crippen molar-refractivity contribution in [3.05, 3.63) is 77.4 Å². The van der Waals surface area contributed by atoms with E-state index in [9.17, 15) is 13.2 Å². The molecule has 0 aromatic heterocycles. The van der Waals surface area contributed by atoms with E-state index in [4.69, 9.17) is 0 Å². The number of rotatable bonds is 6. The van der Waals surface area contributed by atoms with Gasteiger partial charge in [0.05, 0.1) is 5.56 Å². The molecule has 5 heteroatoms. The highest BCUT2D eigenvalue weighted by molar-refractivity contribution is 5.48. The molecule has 0 aliphatic carbocycles. The number of halogens is 3. The van der Waals surface area contributed by atoms with Crippen LogP contribution in [0.3, 0.4) is 0 Å². The maximum absolute atomic E-state index is 12.9. The van der Waals surface area contributed by atoms with Crippen LogP contribution in [0.1, 0.15) is 23.6 Å². The zero-order chi connectivity index (χ0) is 20.0. The molecule has 1 fully saturated rings. The van der Waals surface area contributed by atoms with Gasteiger partial charge in [-0.3, -0.25) is 9.80 Å². The second kappa shape index (κ2) is 9.39. The van der Waals surface area contributed by atoms with Gasteiger partial charge in [0.25, 0.3) is 0 Å². The Hall–Kier alpha value is -2.11. The van der Waals surface area contributed by atoms with E-state index in [1.165, 1.54) is 17.7 Å². The van der Waals surface area contributed by atoms with E-state index in [0.717, 1.165) is 44.4 Å². The maximum atomic E-state index is 12.9. The number of benzene rings is 2. The number of hydrogen-bond donors (Lipinski definition) is 0. The SMILES string of the molecule is CC(Cc1cccc(C(F)(F)F)c1)N1CCN(C/C=C/c2ccccc2)CC1. The Bertz CT molecular complexity index is 763. The van der Waals surface area contributed by atoms with Crippen molar-refractivity contribution in [2.45, 2.75) is 25.6 Å². The molecule has 150 valence electrons. The van der Waals surface area contributed by atoms with Crippen molar-refractivity contribution in [3.63, 3.8) is 0 Å². The lowest BCUT2D eigenvalue weighted by Crippen LogP contribution is -2.50. The van der Waals surface area contributed by atoms with Gasteiger partial charge in [-0.25, -0.2) is 0 Å². The molecule has 0 N–H and O–H groups in total. The summed E-state index contributed by atoms with van der Waals surface area (Å²) in [5.41, 5.74) is 1.39. The molecular weight excluding hydrogens is 361 g/mol. The number of hydrogen-bond acceptors (Lipinski definition) is 2. The van der Waals surface area contributed by atoms with Crippen molar-refractivity contribution in [1.82, 2.24) is 9.80 Å². The Morgan fingerprint density at radius 1 is 0.964 bits per heavy atom. The summed E-state index contributed by atoms with van der Waals surface area (Å²) in [6.07, 6.45) is 0.690. The fourth-order valence-electron chi connectivity index (χ4n) is 3.63. The Morgan fingerprint density at radius 3 is 2.36 bits per heavy atom. The molecular formula is C23H27F3N2. The van der Waals surface area contributed by atoms with Crippen LogP contribution in [0.2, 0.25) is 0 Å². The van der Waals surface area contributed by atoms with Crippen molar-refractivity contribution >= 4 is 6.08 Å². The molecule has 2 aromatic rings. The molecule has 0 bridgehead atoms. The Morgan fingerprint density at radius 2 is 1.68 bits per heavy atom. The van der Waals surface area contributed by atoms with Gasteiger partial charge in [0.2, 0.25) is 0 Å². The van der Waals surface area contributed by atoms with Crippen LogP contribution in [-0.2, 0) is 12.6 Å². The zero-order valence-corrected chi connectivity index (χ0v) is 16.2. The third kappa shape index (κ3) is 5.94. The molecule has 28 heavy (non-hydrogen) atoms. The Labute approximate surface area is 165 Å². The lowest BCUT2D eigenvalue weighted by molar-refractivity contribution is -0.137. The van der Waals surface area contributed by atoms with Crippen LogP contribution in [-0.4, -0.2) is 48.6 Å². The van der Waals surface area contributed by atoms with Crippen LogP contribution in [0.25, 0.3) is 6.08 Å². The number of alkyl halides is 3. The van der Waals surface area contributed by atoms with Gasteiger partial charge in [-0.1, -0.05) is 60.7 Å². The third-order valence-electron chi connectivity index (χ3n) is 5.29. The molecule has 1 aliphatic heterocycles. The fourth-order valence-corrected chi connectivity index (χ4v) is 3.63. The first-order chi connectivity index (χ1) is 13.4. The van der Waals surface area contributed by atoms with Gasteiger partial charge in [-0.2, -0.15) is 13.2 Å². The molecule has 1 unspecified atom stereocenters. The smallest absolute Gasteiger partial charge is 0.298 e. The molecule has 3 rings (SSSR count). The summed E-state index contributed by atoms with van der Waals surface area (Å²) >= 11 is 0. The van der Waals surface area contributed by atoms with E-state index in [-0.39, 0.29) is 6.04 Å². The standard InChI is InChI=1S/C23H27F3N2/c1-19(17-21-9-5-11-22(18-21)23(24,25)26)28-15-13-27(14-16-28)12-6-10-20-7-3-2-4-8-20/h2-11,18-19H,12-17H2,1H3/b10-6+. The van der Waals surface area contributed by atoms with Crippen LogP contribution in [0.4, 0.5) is 13.2 Å². The third-order valence-corrected chi connectivity index (χ3v) is 5.29. The van der Waals surface area contributed by atoms with Gasteiger partial charge >= 0.3 is 6.18 Å². The van der Waals surface area contributed by atoms with Crippen molar-refractivity contribution in [3.8, 4) is 0 Å². The monoisotopic (exact) mass is 388 g/mol. The van der Waals surface area contributed by atoms with Gasteiger partial charge in [-0.05, 0) is 30.5 Å². The van der Waals surface area contributed by atoms with Crippen molar-refractivity contribution in [2.75, 3.05) is 32.7 Å².